The van der Waals surface area contributed by atoms with E-state index in [2.05, 4.69) is 253 Å². The van der Waals surface area contributed by atoms with Gasteiger partial charge in [0.15, 0.2) is 12.2 Å². The molecule has 0 N–H and O–H groups in total. The number of thiazole rings is 1. The molecular formula is C87H115Cl3F2N8OS3. The number of oxazole rings is 1. The third-order valence-corrected chi connectivity index (χ3v) is 19.6. The first-order valence-electron chi connectivity index (χ1n) is 35.6. The van der Waals surface area contributed by atoms with Gasteiger partial charge >= 0.3 is 0 Å². The van der Waals surface area contributed by atoms with E-state index in [0.29, 0.717) is 64.0 Å². The number of aromatic nitrogens is 8. The Morgan fingerprint density at radius 3 is 1.29 bits per heavy atom. The second-order valence-corrected chi connectivity index (χ2v) is 33.0. The van der Waals surface area contributed by atoms with Crippen molar-refractivity contribution in [1.82, 2.24) is 39.9 Å². The number of hydrogen-bond acceptors (Lipinski definition) is 12. The first-order chi connectivity index (χ1) is 48.8. The third kappa shape index (κ3) is 34.9. The second-order valence-electron chi connectivity index (χ2n) is 28.5. The number of aryl methyl sites for hydroxylation is 7. The number of pyridine rings is 6. The van der Waals surface area contributed by atoms with Crippen molar-refractivity contribution in [2.24, 2.45) is 0 Å². The van der Waals surface area contributed by atoms with Crippen molar-refractivity contribution >= 4 is 78.9 Å². The minimum atomic E-state index is -1.03. The van der Waals surface area contributed by atoms with Crippen molar-refractivity contribution in [1.29, 1.82) is 0 Å². The van der Waals surface area contributed by atoms with E-state index in [9.17, 15) is 8.78 Å². The van der Waals surface area contributed by atoms with Crippen LogP contribution < -0.4 is 0 Å². The van der Waals surface area contributed by atoms with Crippen LogP contribution >= 0.6 is 68.8 Å². The lowest BCUT2D eigenvalue weighted by Gasteiger charge is -2.08. The zero-order valence-corrected chi connectivity index (χ0v) is 71.4. The minimum Gasteiger partial charge on any atom is -0.449 e. The Balaban J connectivity index is 0.000000393. The number of rotatable bonds is 10. The van der Waals surface area contributed by atoms with E-state index in [1.54, 1.807) is 46.4 Å². The number of fused-ring (bicyclic) bond motifs is 1. The molecule has 11 aromatic rings. The highest BCUT2D eigenvalue weighted by molar-refractivity contribution is 7.17. The lowest BCUT2D eigenvalue weighted by atomic mass is 10.0. The van der Waals surface area contributed by atoms with Gasteiger partial charge in [0.25, 0.3) is 0 Å². The Labute approximate surface area is 651 Å². The van der Waals surface area contributed by atoms with Crippen molar-refractivity contribution in [2.75, 3.05) is 0 Å². The highest BCUT2D eigenvalue weighted by Gasteiger charge is 2.11. The summed E-state index contributed by atoms with van der Waals surface area (Å²) < 4.78 is 32.0. The van der Waals surface area contributed by atoms with Crippen LogP contribution in [0.15, 0.2) is 144 Å². The maximum Gasteiger partial charge on any atom is 0.248 e. The van der Waals surface area contributed by atoms with E-state index in [1.807, 2.05) is 88.6 Å². The summed E-state index contributed by atoms with van der Waals surface area (Å²) in [4.78, 5) is 34.9. The monoisotopic (exact) mass is 1530 g/mol. The predicted octanol–water partition coefficient (Wildman–Crippen LogP) is 28.6. The molecule has 104 heavy (non-hydrogen) atoms. The van der Waals surface area contributed by atoms with Gasteiger partial charge in [-0.1, -0.05) is 203 Å². The number of thiophene rings is 2. The molecule has 0 saturated carbocycles. The van der Waals surface area contributed by atoms with Gasteiger partial charge in [0.05, 0.1) is 21.2 Å². The van der Waals surface area contributed by atoms with Crippen LogP contribution in [0.25, 0.3) is 10.1 Å². The SMILES string of the molecule is C#Cc1cncc(C(C)C)c1.CC(C)c1ccc(Cl)s1.CC(C)c1cnc(F)c(F)c1.CC(C)c1csc2ccc(Cl)cc12.Cc1cnc(C)c(C(C)C)c1.Cc1cnc(Cl)c(C(C)C)c1.Cc1cncc(C(C)C)c1.Cc1cncc(C(C)C)c1.Cc1ocnc1C(C)C.Cc1scnc1C(C)C. The van der Waals surface area contributed by atoms with Gasteiger partial charge in [0.2, 0.25) is 5.95 Å². The molecule has 562 valence electrons. The molecule has 0 aliphatic rings. The number of hydrogen-bond donors (Lipinski definition) is 0. The van der Waals surface area contributed by atoms with Gasteiger partial charge in [0, 0.05) is 86.5 Å². The zero-order valence-electron chi connectivity index (χ0n) is 66.7. The molecule has 0 bridgehead atoms. The van der Waals surface area contributed by atoms with Crippen LogP contribution in [-0.4, -0.2) is 39.9 Å². The van der Waals surface area contributed by atoms with Crippen molar-refractivity contribution in [3.63, 3.8) is 0 Å². The topological polar surface area (TPSA) is 116 Å². The molecule has 0 amide bonds. The molecule has 0 fully saturated rings. The summed E-state index contributed by atoms with van der Waals surface area (Å²) in [6.07, 6.45) is 22.9. The van der Waals surface area contributed by atoms with E-state index < -0.39 is 11.8 Å². The van der Waals surface area contributed by atoms with Crippen molar-refractivity contribution in [3.8, 4) is 12.3 Å². The summed E-state index contributed by atoms with van der Waals surface area (Å²) >= 11 is 22.7. The first-order valence-corrected chi connectivity index (χ1v) is 39.3. The first kappa shape index (κ1) is 93.0. The summed E-state index contributed by atoms with van der Waals surface area (Å²) in [5.41, 5.74) is 19.6. The molecule has 10 aromatic heterocycles. The minimum absolute atomic E-state index is 0.178. The average molecular weight is 1530 g/mol. The van der Waals surface area contributed by atoms with Gasteiger partial charge in [-0.25, -0.2) is 24.3 Å². The number of terminal acetylenes is 1. The lowest BCUT2D eigenvalue weighted by molar-refractivity contribution is 0.476. The van der Waals surface area contributed by atoms with Gasteiger partial charge in [0.1, 0.15) is 10.9 Å². The predicted molar refractivity (Wildman–Crippen MR) is 447 cm³/mol. The molecule has 1 aromatic carbocycles. The maximum absolute atomic E-state index is 12.5. The number of halogens is 5. The van der Waals surface area contributed by atoms with Crippen LogP contribution in [0.1, 0.15) is 297 Å². The van der Waals surface area contributed by atoms with Crippen LogP contribution in [0.2, 0.25) is 14.5 Å². The molecule has 17 heteroatoms. The number of nitrogens with zero attached hydrogens (tertiary/aromatic N) is 8. The summed E-state index contributed by atoms with van der Waals surface area (Å²) in [6.45, 7) is 57.0. The Bertz CT molecular complexity index is 4140. The van der Waals surface area contributed by atoms with Gasteiger partial charge in [-0.15, -0.1) is 40.4 Å². The van der Waals surface area contributed by atoms with E-state index in [-0.39, 0.29) is 5.92 Å². The fourth-order valence-corrected chi connectivity index (χ4v) is 12.9. The summed E-state index contributed by atoms with van der Waals surface area (Å²) in [7, 11) is 0. The molecule has 0 atom stereocenters. The van der Waals surface area contributed by atoms with Gasteiger partial charge in [-0.3, -0.25) is 19.9 Å². The molecule has 9 nitrogen and oxygen atoms in total. The van der Waals surface area contributed by atoms with E-state index in [4.69, 9.17) is 45.6 Å². The van der Waals surface area contributed by atoms with Gasteiger partial charge in [-0.05, 0) is 222 Å². The molecule has 10 heterocycles. The Hall–Kier alpha value is -7.09. The molecule has 0 unspecified atom stereocenters. The summed E-state index contributed by atoms with van der Waals surface area (Å²) in [6, 6.07) is 22.0. The zero-order chi connectivity index (χ0) is 78.7. The Morgan fingerprint density at radius 1 is 0.433 bits per heavy atom. The van der Waals surface area contributed by atoms with Crippen LogP contribution in [0.4, 0.5) is 8.78 Å². The molecule has 0 spiro atoms. The van der Waals surface area contributed by atoms with E-state index >= 15 is 0 Å². The molecule has 0 aliphatic heterocycles. The van der Waals surface area contributed by atoms with E-state index in [0.717, 1.165) is 43.2 Å². The number of benzene rings is 1. The van der Waals surface area contributed by atoms with Crippen LogP contribution in [-0.2, 0) is 0 Å². The largest absolute Gasteiger partial charge is 0.449 e. The summed E-state index contributed by atoms with van der Waals surface area (Å²) in [5.74, 6) is 6.72. The molecule has 0 radical (unpaired) electrons. The fraction of sp³-hybridized carbons (Fsp3) is 0.425. The quantitative estimate of drug-likeness (QED) is 0.0975. The molecule has 0 saturated heterocycles. The lowest BCUT2D eigenvalue weighted by Crippen LogP contribution is -1.95. The van der Waals surface area contributed by atoms with Crippen molar-refractivity contribution < 1.29 is 13.2 Å². The summed E-state index contributed by atoms with van der Waals surface area (Å²) in [5, 5.41) is 5.00. The molecule has 11 rings (SSSR count). The van der Waals surface area contributed by atoms with E-state index in [1.165, 1.54) is 88.7 Å². The standard InChI is InChI=1S/C11H11ClS.C10H15N.C10H11N.C9H12ClN.2C9H13N.C8H9F2N.C7H9ClS.C7H11NO.C7H11NS/c1-7(2)10-6-13-11-4-3-8(12)5-9(10)11;1-7(2)10-5-8(3)6-11-9(10)4;1-4-9-5-10(8(2)3)7-11-6-9;1-6(2)8-4-7(3)5-11-9(8)10;2*1-7(2)9-4-8(3)5-10-6-9;1-5(2)6-3-7(9)8(10)11-4-6;1-5(2)6-3-4-7(8)9-6;2*1-5(2)7-6(3)9-4-8-7/h3-7H,1-2H3;5-7H,1-4H3;1,5-8H,2-3H3;4-6H,1-3H3;2*4-7H,1-3H3;3-5H,1-2H3;3-5H,1-2H3;2*4-5H,1-3H3. The second kappa shape index (κ2) is 48.2. The van der Waals surface area contributed by atoms with Crippen molar-refractivity contribution in [3.05, 3.63) is 265 Å². The molecule has 0 aliphatic carbocycles. The third-order valence-electron chi connectivity index (χ3n) is 15.7. The fourth-order valence-electron chi connectivity index (χ4n) is 9.46. The average Bonchev–Trinajstić information content (AvgIpc) is 1.67. The maximum atomic E-state index is 12.5. The normalized spacial score (nSPS) is 10.6. The highest BCUT2D eigenvalue weighted by Crippen LogP contribution is 2.33. The van der Waals surface area contributed by atoms with Crippen molar-refractivity contribution in [2.45, 2.75) is 246 Å². The Kier molecular flexibility index (Phi) is 43.1. The van der Waals surface area contributed by atoms with Gasteiger partial charge in [-0.2, -0.15) is 4.39 Å². The Morgan fingerprint density at radius 2 is 0.923 bits per heavy atom. The van der Waals surface area contributed by atoms with Gasteiger partial charge < -0.3 is 4.42 Å². The molecular weight excluding hydrogens is 1410 g/mol. The highest BCUT2D eigenvalue weighted by atomic mass is 35.5. The van der Waals surface area contributed by atoms with Crippen LogP contribution in [0, 0.1) is 72.6 Å². The smallest absolute Gasteiger partial charge is 0.248 e. The van der Waals surface area contributed by atoms with Crippen LogP contribution in [0.3, 0.4) is 0 Å². The van der Waals surface area contributed by atoms with Crippen LogP contribution in [0.5, 0.6) is 0 Å².